The van der Waals surface area contributed by atoms with Gasteiger partial charge < -0.3 is 19.5 Å². The number of aromatic nitrogens is 1. The van der Waals surface area contributed by atoms with Gasteiger partial charge in [0.1, 0.15) is 18.6 Å². The van der Waals surface area contributed by atoms with E-state index >= 15 is 0 Å². The molecular formula is C20H27N3O4. The van der Waals surface area contributed by atoms with E-state index < -0.39 is 0 Å². The summed E-state index contributed by atoms with van der Waals surface area (Å²) in [6.07, 6.45) is 3.43. The van der Waals surface area contributed by atoms with Crippen molar-refractivity contribution in [2.24, 2.45) is 5.92 Å². The maximum absolute atomic E-state index is 12.9. The van der Waals surface area contributed by atoms with Crippen molar-refractivity contribution in [1.29, 1.82) is 0 Å². The van der Waals surface area contributed by atoms with Gasteiger partial charge in [0.15, 0.2) is 5.82 Å². The topological polar surface area (TPSA) is 84.7 Å². The maximum atomic E-state index is 12.9. The summed E-state index contributed by atoms with van der Waals surface area (Å²) in [6, 6.07) is 8.57. The lowest BCUT2D eigenvalue weighted by molar-refractivity contribution is -0.117. The van der Waals surface area contributed by atoms with Crippen molar-refractivity contribution < 1.29 is 18.8 Å². The van der Waals surface area contributed by atoms with Crippen molar-refractivity contribution in [2.45, 2.75) is 33.6 Å². The first-order chi connectivity index (χ1) is 13.0. The molecule has 7 heteroatoms. The highest BCUT2D eigenvalue weighted by molar-refractivity contribution is 5.99. The third-order valence-electron chi connectivity index (χ3n) is 3.78. The molecule has 1 aromatic carbocycles. The lowest BCUT2D eigenvalue weighted by Crippen LogP contribution is -2.40. The molecule has 0 saturated carbocycles. The first-order valence-electron chi connectivity index (χ1n) is 9.22. The number of amides is 2. The Bertz CT molecular complexity index is 711. The third kappa shape index (κ3) is 6.77. The lowest BCUT2D eigenvalue weighted by atomic mass is 10.1. The molecule has 7 nitrogen and oxygen atoms in total. The predicted molar refractivity (Wildman–Crippen MR) is 103 cm³/mol. The van der Waals surface area contributed by atoms with Crippen LogP contribution in [0.25, 0.3) is 0 Å². The predicted octanol–water partition coefficient (Wildman–Crippen LogP) is 3.59. The van der Waals surface area contributed by atoms with Crippen LogP contribution in [0, 0.1) is 5.92 Å². The fraction of sp³-hybridized carbons (Fsp3) is 0.450. The first kappa shape index (κ1) is 20.5. The summed E-state index contributed by atoms with van der Waals surface area (Å²) in [5.74, 6) is 0.770. The molecule has 0 bridgehead atoms. The molecule has 0 unspecified atom stereocenters. The molecule has 0 spiro atoms. The Morgan fingerprint density at radius 2 is 1.96 bits per heavy atom. The molecule has 0 aliphatic carbocycles. The van der Waals surface area contributed by atoms with Crippen molar-refractivity contribution >= 4 is 17.6 Å². The number of benzene rings is 1. The quantitative estimate of drug-likeness (QED) is 0.643. The van der Waals surface area contributed by atoms with Crippen molar-refractivity contribution in [1.82, 2.24) is 10.1 Å². The van der Waals surface area contributed by atoms with E-state index in [1.165, 1.54) is 11.2 Å². The van der Waals surface area contributed by atoms with Crippen molar-refractivity contribution in [2.75, 3.05) is 25.0 Å². The molecular weight excluding hydrogens is 346 g/mol. The van der Waals surface area contributed by atoms with Gasteiger partial charge in [-0.05, 0) is 36.6 Å². The van der Waals surface area contributed by atoms with E-state index in [0.717, 1.165) is 18.6 Å². The molecule has 2 aromatic rings. The summed E-state index contributed by atoms with van der Waals surface area (Å²) in [6.45, 7) is 7.18. The molecule has 0 atom stereocenters. The zero-order chi connectivity index (χ0) is 19.6. The number of hydrogen-bond donors (Lipinski definition) is 1. The fourth-order valence-corrected chi connectivity index (χ4v) is 2.50. The lowest BCUT2D eigenvalue weighted by Gasteiger charge is -2.24. The van der Waals surface area contributed by atoms with Crippen LogP contribution in [0.15, 0.2) is 41.1 Å². The third-order valence-corrected chi connectivity index (χ3v) is 3.78. The average molecular weight is 373 g/mol. The fourth-order valence-electron chi connectivity index (χ4n) is 2.50. The Hall–Kier alpha value is -2.83. The molecule has 2 rings (SSSR count). The van der Waals surface area contributed by atoms with E-state index in [9.17, 15) is 9.59 Å². The van der Waals surface area contributed by atoms with Gasteiger partial charge in [0.05, 0.1) is 6.61 Å². The SMILES string of the molecule is CCCCOc1ccc(C(=O)N(CC(=O)Nc2ccon2)CC(C)C)cc1. The highest BCUT2D eigenvalue weighted by atomic mass is 16.5. The van der Waals surface area contributed by atoms with Gasteiger partial charge in [-0.15, -0.1) is 0 Å². The molecule has 27 heavy (non-hydrogen) atoms. The Labute approximate surface area is 159 Å². The molecule has 0 radical (unpaired) electrons. The van der Waals surface area contributed by atoms with Crippen molar-refractivity contribution in [3.05, 3.63) is 42.2 Å². The Morgan fingerprint density at radius 1 is 1.22 bits per heavy atom. The van der Waals surface area contributed by atoms with Crippen LogP contribution in [0.2, 0.25) is 0 Å². The van der Waals surface area contributed by atoms with Gasteiger partial charge in [-0.1, -0.05) is 32.3 Å². The van der Waals surface area contributed by atoms with Crippen LogP contribution in [-0.4, -0.2) is 41.6 Å². The standard InChI is InChI=1S/C20H27N3O4/c1-4-5-11-26-17-8-6-16(7-9-17)20(25)23(13-15(2)3)14-19(24)21-18-10-12-27-22-18/h6-10,12,15H,4-5,11,13-14H2,1-3H3,(H,21,22,24). The molecule has 146 valence electrons. The number of anilines is 1. The van der Waals surface area contributed by atoms with Crippen LogP contribution in [0.3, 0.4) is 0 Å². The van der Waals surface area contributed by atoms with E-state index in [-0.39, 0.29) is 24.3 Å². The Balaban J connectivity index is 2.01. The molecule has 1 N–H and O–H groups in total. The highest BCUT2D eigenvalue weighted by Gasteiger charge is 2.20. The van der Waals surface area contributed by atoms with Gasteiger partial charge in [-0.3, -0.25) is 9.59 Å². The van der Waals surface area contributed by atoms with E-state index in [0.29, 0.717) is 24.5 Å². The molecule has 0 saturated heterocycles. The van der Waals surface area contributed by atoms with E-state index in [1.807, 2.05) is 13.8 Å². The molecule has 1 heterocycles. The van der Waals surface area contributed by atoms with E-state index in [2.05, 4.69) is 17.4 Å². The molecule has 0 aliphatic rings. The van der Waals surface area contributed by atoms with Crippen molar-refractivity contribution in [3.8, 4) is 5.75 Å². The highest BCUT2D eigenvalue weighted by Crippen LogP contribution is 2.15. The van der Waals surface area contributed by atoms with Gasteiger partial charge in [-0.25, -0.2) is 0 Å². The smallest absolute Gasteiger partial charge is 0.254 e. The summed E-state index contributed by atoms with van der Waals surface area (Å²) >= 11 is 0. The minimum absolute atomic E-state index is 0.0569. The van der Waals surface area contributed by atoms with Gasteiger partial charge in [0, 0.05) is 18.2 Å². The number of carbonyl (C=O) groups is 2. The van der Waals surface area contributed by atoms with Crippen LogP contribution in [0.5, 0.6) is 5.75 Å². The second-order valence-corrected chi connectivity index (χ2v) is 6.74. The van der Waals surface area contributed by atoms with Gasteiger partial charge in [-0.2, -0.15) is 0 Å². The summed E-state index contributed by atoms with van der Waals surface area (Å²) in [5, 5.41) is 6.26. The second kappa shape index (κ2) is 10.4. The van der Waals surface area contributed by atoms with Crippen LogP contribution in [0.1, 0.15) is 44.0 Å². The number of carbonyl (C=O) groups excluding carboxylic acids is 2. The number of hydrogen-bond acceptors (Lipinski definition) is 5. The Morgan fingerprint density at radius 3 is 2.56 bits per heavy atom. The van der Waals surface area contributed by atoms with E-state index in [1.54, 1.807) is 30.3 Å². The number of nitrogens with one attached hydrogen (secondary N) is 1. The number of rotatable bonds is 10. The summed E-state index contributed by atoms with van der Waals surface area (Å²) < 4.78 is 10.3. The monoisotopic (exact) mass is 373 g/mol. The average Bonchev–Trinajstić information content (AvgIpc) is 3.14. The number of unbranched alkanes of at least 4 members (excludes halogenated alkanes) is 1. The summed E-state index contributed by atoms with van der Waals surface area (Å²) in [4.78, 5) is 26.6. The first-order valence-corrected chi connectivity index (χ1v) is 9.22. The van der Waals surface area contributed by atoms with Gasteiger partial charge in [0.2, 0.25) is 5.91 Å². The van der Waals surface area contributed by atoms with Crippen molar-refractivity contribution in [3.63, 3.8) is 0 Å². The number of ether oxygens (including phenoxy) is 1. The summed E-state index contributed by atoms with van der Waals surface area (Å²) in [5.41, 5.74) is 0.521. The molecule has 0 fully saturated rings. The van der Waals surface area contributed by atoms with Gasteiger partial charge in [0.25, 0.3) is 5.91 Å². The molecule has 0 aliphatic heterocycles. The van der Waals surface area contributed by atoms with E-state index in [4.69, 9.17) is 9.26 Å². The minimum atomic E-state index is -0.322. The molecule has 2 amide bonds. The second-order valence-electron chi connectivity index (χ2n) is 6.74. The normalized spacial score (nSPS) is 10.7. The van der Waals surface area contributed by atoms with Gasteiger partial charge >= 0.3 is 0 Å². The minimum Gasteiger partial charge on any atom is -0.494 e. The van der Waals surface area contributed by atoms with Crippen LogP contribution in [0.4, 0.5) is 5.82 Å². The zero-order valence-electron chi connectivity index (χ0n) is 16.1. The molecule has 1 aromatic heterocycles. The number of nitrogens with zero attached hydrogens (tertiary/aromatic N) is 2. The maximum Gasteiger partial charge on any atom is 0.254 e. The zero-order valence-corrected chi connectivity index (χ0v) is 16.1. The Kier molecular flexibility index (Phi) is 7.85. The van der Waals surface area contributed by atoms with Crippen LogP contribution in [-0.2, 0) is 4.79 Å². The summed E-state index contributed by atoms with van der Waals surface area (Å²) in [7, 11) is 0. The largest absolute Gasteiger partial charge is 0.494 e. The van der Waals surface area contributed by atoms with Crippen LogP contribution < -0.4 is 10.1 Å². The van der Waals surface area contributed by atoms with Crippen LogP contribution >= 0.6 is 0 Å².